The SMILES string of the molecule is COc1ccc([N+](=O)[O-])cc1Oc1ncc(Cl)cc1F. The van der Waals surface area contributed by atoms with E-state index in [0.29, 0.717) is 0 Å². The molecule has 0 aliphatic carbocycles. The molecule has 0 aliphatic heterocycles. The van der Waals surface area contributed by atoms with Crippen LogP contribution in [0.1, 0.15) is 0 Å². The van der Waals surface area contributed by atoms with Crippen LogP contribution in [0.2, 0.25) is 5.02 Å². The Morgan fingerprint density at radius 1 is 1.35 bits per heavy atom. The van der Waals surface area contributed by atoms with Crippen LogP contribution in [-0.4, -0.2) is 17.0 Å². The third-order valence-corrected chi connectivity index (χ3v) is 2.55. The molecule has 1 aromatic heterocycles. The van der Waals surface area contributed by atoms with Crippen LogP contribution in [-0.2, 0) is 0 Å². The van der Waals surface area contributed by atoms with Crippen LogP contribution in [0.4, 0.5) is 10.1 Å². The number of pyridine rings is 1. The van der Waals surface area contributed by atoms with Crippen molar-refractivity contribution in [2.24, 2.45) is 0 Å². The zero-order valence-corrected chi connectivity index (χ0v) is 10.9. The molecule has 0 fully saturated rings. The van der Waals surface area contributed by atoms with Gasteiger partial charge in [0.2, 0.25) is 0 Å². The Hall–Kier alpha value is -2.41. The average Bonchev–Trinajstić information content (AvgIpc) is 2.41. The van der Waals surface area contributed by atoms with Gasteiger partial charge in [-0.05, 0) is 12.1 Å². The van der Waals surface area contributed by atoms with Gasteiger partial charge in [0.25, 0.3) is 11.6 Å². The molecule has 0 radical (unpaired) electrons. The summed E-state index contributed by atoms with van der Waals surface area (Å²) in [7, 11) is 1.36. The summed E-state index contributed by atoms with van der Waals surface area (Å²) >= 11 is 5.57. The lowest BCUT2D eigenvalue weighted by atomic mass is 10.3. The second kappa shape index (κ2) is 5.70. The second-order valence-corrected chi connectivity index (χ2v) is 4.07. The van der Waals surface area contributed by atoms with Crippen LogP contribution in [0, 0.1) is 15.9 Å². The summed E-state index contributed by atoms with van der Waals surface area (Å²) in [6.07, 6.45) is 1.20. The van der Waals surface area contributed by atoms with Crippen LogP contribution >= 0.6 is 11.6 Å². The number of nitrogens with zero attached hydrogens (tertiary/aromatic N) is 2. The highest BCUT2D eigenvalue weighted by Gasteiger charge is 2.15. The molecule has 0 unspecified atom stereocenters. The molecule has 0 saturated heterocycles. The molecule has 0 N–H and O–H groups in total. The van der Waals surface area contributed by atoms with Gasteiger partial charge in [-0.25, -0.2) is 9.37 Å². The number of hydrogen-bond acceptors (Lipinski definition) is 5. The third kappa shape index (κ3) is 2.94. The summed E-state index contributed by atoms with van der Waals surface area (Å²) in [6, 6.07) is 4.74. The van der Waals surface area contributed by atoms with Crippen LogP contribution in [0.5, 0.6) is 17.4 Å². The number of methoxy groups -OCH3 is 1. The van der Waals surface area contributed by atoms with Gasteiger partial charge in [-0.15, -0.1) is 0 Å². The molecule has 0 amide bonds. The number of hydrogen-bond donors (Lipinski definition) is 0. The summed E-state index contributed by atoms with van der Waals surface area (Å²) in [6.45, 7) is 0. The number of nitro groups is 1. The van der Waals surface area contributed by atoms with E-state index in [1.165, 1.54) is 25.4 Å². The highest BCUT2D eigenvalue weighted by molar-refractivity contribution is 6.30. The molecule has 1 heterocycles. The van der Waals surface area contributed by atoms with E-state index in [9.17, 15) is 14.5 Å². The first-order valence-electron chi connectivity index (χ1n) is 5.32. The van der Waals surface area contributed by atoms with Gasteiger partial charge in [0.15, 0.2) is 17.3 Å². The van der Waals surface area contributed by atoms with Crippen molar-refractivity contribution < 1.29 is 18.8 Å². The van der Waals surface area contributed by atoms with Crippen molar-refractivity contribution in [2.75, 3.05) is 7.11 Å². The van der Waals surface area contributed by atoms with Gasteiger partial charge >= 0.3 is 0 Å². The van der Waals surface area contributed by atoms with Crippen molar-refractivity contribution in [3.05, 3.63) is 51.4 Å². The van der Waals surface area contributed by atoms with Gasteiger partial charge in [-0.2, -0.15) is 0 Å². The normalized spacial score (nSPS) is 10.2. The lowest BCUT2D eigenvalue weighted by Gasteiger charge is -2.09. The number of non-ortho nitro benzene ring substituents is 1. The molecule has 0 atom stereocenters. The van der Waals surface area contributed by atoms with Gasteiger partial charge in [0.05, 0.1) is 23.1 Å². The largest absolute Gasteiger partial charge is 0.493 e. The van der Waals surface area contributed by atoms with E-state index in [1.54, 1.807) is 0 Å². The van der Waals surface area contributed by atoms with Crippen molar-refractivity contribution >= 4 is 17.3 Å². The fraction of sp³-hybridized carbons (Fsp3) is 0.0833. The van der Waals surface area contributed by atoms with Gasteiger partial charge < -0.3 is 9.47 Å². The van der Waals surface area contributed by atoms with E-state index in [4.69, 9.17) is 21.1 Å². The maximum Gasteiger partial charge on any atom is 0.273 e. The monoisotopic (exact) mass is 298 g/mol. The number of nitro benzene ring substituents is 1. The Kier molecular flexibility index (Phi) is 3.99. The fourth-order valence-corrected chi connectivity index (χ4v) is 1.58. The van der Waals surface area contributed by atoms with Crippen LogP contribution in [0.3, 0.4) is 0 Å². The predicted octanol–water partition coefficient (Wildman–Crippen LogP) is 3.58. The third-order valence-electron chi connectivity index (χ3n) is 2.34. The van der Waals surface area contributed by atoms with E-state index in [1.807, 2.05) is 0 Å². The molecule has 2 aromatic rings. The summed E-state index contributed by atoms with van der Waals surface area (Å²) < 4.78 is 23.8. The molecule has 2 rings (SSSR count). The van der Waals surface area contributed by atoms with E-state index < -0.39 is 10.7 Å². The quantitative estimate of drug-likeness (QED) is 0.637. The lowest BCUT2D eigenvalue weighted by Crippen LogP contribution is -1.96. The molecule has 1 aromatic carbocycles. The standard InChI is InChI=1S/C12H8ClFN2O4/c1-19-10-3-2-8(16(17)18)5-11(10)20-12-9(14)4-7(13)6-15-12/h2-6H,1H3. The minimum Gasteiger partial charge on any atom is -0.493 e. The molecule has 8 heteroatoms. The number of aromatic nitrogens is 1. The first-order valence-corrected chi connectivity index (χ1v) is 5.70. The van der Waals surface area contributed by atoms with E-state index in [-0.39, 0.29) is 28.1 Å². The summed E-state index contributed by atoms with van der Waals surface area (Å²) in [5.74, 6) is -0.943. The first kappa shape index (κ1) is 14.0. The Balaban J connectivity index is 2.40. The summed E-state index contributed by atoms with van der Waals surface area (Å²) in [4.78, 5) is 13.8. The maximum atomic E-state index is 13.6. The molecule has 104 valence electrons. The second-order valence-electron chi connectivity index (χ2n) is 3.63. The zero-order valence-electron chi connectivity index (χ0n) is 10.2. The minimum absolute atomic E-state index is 0.0181. The fourth-order valence-electron chi connectivity index (χ4n) is 1.44. The van der Waals surface area contributed by atoms with E-state index in [0.717, 1.165) is 12.1 Å². The van der Waals surface area contributed by atoms with Crippen LogP contribution in [0.25, 0.3) is 0 Å². The summed E-state index contributed by atoms with van der Waals surface area (Å²) in [5, 5.41) is 10.8. The Bertz CT molecular complexity index is 666. The molecular weight excluding hydrogens is 291 g/mol. The van der Waals surface area contributed by atoms with Crippen molar-refractivity contribution in [3.8, 4) is 17.4 Å². The highest BCUT2D eigenvalue weighted by atomic mass is 35.5. The topological polar surface area (TPSA) is 74.5 Å². The Morgan fingerprint density at radius 3 is 2.70 bits per heavy atom. The van der Waals surface area contributed by atoms with Crippen LogP contribution < -0.4 is 9.47 Å². The minimum atomic E-state index is -0.786. The number of rotatable bonds is 4. The van der Waals surface area contributed by atoms with Crippen molar-refractivity contribution in [3.63, 3.8) is 0 Å². The average molecular weight is 299 g/mol. The molecule has 20 heavy (non-hydrogen) atoms. The molecular formula is C12H8ClFN2O4. The molecule has 0 aliphatic rings. The van der Waals surface area contributed by atoms with Crippen molar-refractivity contribution in [2.45, 2.75) is 0 Å². The van der Waals surface area contributed by atoms with Gasteiger partial charge in [0.1, 0.15) is 0 Å². The number of benzene rings is 1. The van der Waals surface area contributed by atoms with Gasteiger partial charge in [0, 0.05) is 12.3 Å². The lowest BCUT2D eigenvalue weighted by molar-refractivity contribution is -0.384. The first-order chi connectivity index (χ1) is 9.51. The van der Waals surface area contributed by atoms with Gasteiger partial charge in [-0.3, -0.25) is 10.1 Å². The number of ether oxygens (including phenoxy) is 2. The molecule has 0 saturated carbocycles. The van der Waals surface area contributed by atoms with Crippen molar-refractivity contribution in [1.29, 1.82) is 0 Å². The number of halogens is 2. The zero-order chi connectivity index (χ0) is 14.7. The predicted molar refractivity (Wildman–Crippen MR) is 68.9 cm³/mol. The summed E-state index contributed by atoms with van der Waals surface area (Å²) in [5.41, 5.74) is -0.213. The van der Waals surface area contributed by atoms with E-state index >= 15 is 0 Å². The smallest absolute Gasteiger partial charge is 0.273 e. The molecule has 6 nitrogen and oxygen atoms in total. The highest BCUT2D eigenvalue weighted by Crippen LogP contribution is 2.35. The van der Waals surface area contributed by atoms with Gasteiger partial charge in [-0.1, -0.05) is 11.6 Å². The van der Waals surface area contributed by atoms with Crippen LogP contribution in [0.15, 0.2) is 30.5 Å². The van der Waals surface area contributed by atoms with Crippen molar-refractivity contribution in [1.82, 2.24) is 4.98 Å². The Labute approximate surface area is 117 Å². The van der Waals surface area contributed by atoms with E-state index in [2.05, 4.69) is 4.98 Å². The Morgan fingerprint density at radius 2 is 2.10 bits per heavy atom. The molecule has 0 spiro atoms. The maximum absolute atomic E-state index is 13.6. The molecule has 0 bridgehead atoms.